The molecule has 1 atom stereocenters. The van der Waals surface area contributed by atoms with Crippen molar-refractivity contribution in [2.24, 2.45) is 0 Å². The highest BCUT2D eigenvalue weighted by molar-refractivity contribution is 7.98. The van der Waals surface area contributed by atoms with Crippen molar-refractivity contribution in [3.05, 3.63) is 63.6 Å². The Morgan fingerprint density at radius 3 is 2.76 bits per heavy atom. The lowest BCUT2D eigenvalue weighted by molar-refractivity contribution is 0.0746. The minimum atomic E-state index is -0.124. The van der Waals surface area contributed by atoms with Crippen molar-refractivity contribution in [3.63, 3.8) is 0 Å². The van der Waals surface area contributed by atoms with Gasteiger partial charge in [0, 0.05) is 34.3 Å². The molecule has 0 fully saturated rings. The van der Waals surface area contributed by atoms with Crippen LogP contribution in [0.4, 0.5) is 0 Å². The van der Waals surface area contributed by atoms with E-state index in [9.17, 15) is 4.79 Å². The van der Waals surface area contributed by atoms with Crippen LogP contribution in [-0.4, -0.2) is 23.9 Å². The van der Waals surface area contributed by atoms with Crippen LogP contribution in [0.25, 0.3) is 0 Å². The molecule has 0 bridgehead atoms. The van der Waals surface area contributed by atoms with Gasteiger partial charge in [0.1, 0.15) is 0 Å². The second-order valence-electron chi connectivity index (χ2n) is 5.69. The van der Waals surface area contributed by atoms with E-state index in [1.54, 1.807) is 41.9 Å². The third kappa shape index (κ3) is 5.40. The minimum absolute atomic E-state index is 0.0876. The number of amides is 1. The Morgan fingerprint density at radius 1 is 1.28 bits per heavy atom. The monoisotopic (exact) mass is 392 g/mol. The zero-order valence-electron chi connectivity index (χ0n) is 14.0. The number of nitriles is 1. The first-order valence-electron chi connectivity index (χ1n) is 7.73. The predicted molar refractivity (Wildman–Crippen MR) is 104 cm³/mol. The SMILES string of the molecule is CC(CC#N)N(C)C(=O)c1cccc(CSc2cc(Cl)ccc2Cl)c1. The molecule has 2 rings (SSSR count). The van der Waals surface area contributed by atoms with Gasteiger partial charge in [0.2, 0.25) is 0 Å². The summed E-state index contributed by atoms with van der Waals surface area (Å²) < 4.78 is 0. The summed E-state index contributed by atoms with van der Waals surface area (Å²) in [5, 5.41) is 10.1. The lowest BCUT2D eigenvalue weighted by atomic mass is 10.1. The smallest absolute Gasteiger partial charge is 0.253 e. The Labute approximate surface area is 162 Å². The third-order valence-corrected chi connectivity index (χ3v) is 5.63. The Kier molecular flexibility index (Phi) is 7.19. The Bertz CT molecular complexity index is 804. The summed E-state index contributed by atoms with van der Waals surface area (Å²) in [6, 6.07) is 14.8. The van der Waals surface area contributed by atoms with Gasteiger partial charge in [-0.15, -0.1) is 11.8 Å². The largest absolute Gasteiger partial charge is 0.338 e. The van der Waals surface area contributed by atoms with Gasteiger partial charge in [0.25, 0.3) is 5.91 Å². The van der Waals surface area contributed by atoms with Crippen molar-refractivity contribution in [2.75, 3.05) is 7.05 Å². The van der Waals surface area contributed by atoms with E-state index >= 15 is 0 Å². The Hall–Kier alpha value is -1.67. The van der Waals surface area contributed by atoms with Crippen molar-refractivity contribution >= 4 is 40.9 Å². The molecule has 0 spiro atoms. The van der Waals surface area contributed by atoms with Gasteiger partial charge in [0.15, 0.2) is 0 Å². The van der Waals surface area contributed by atoms with Crippen molar-refractivity contribution in [1.29, 1.82) is 5.26 Å². The molecule has 6 heteroatoms. The van der Waals surface area contributed by atoms with Crippen molar-refractivity contribution in [2.45, 2.75) is 30.0 Å². The number of halogens is 2. The molecule has 3 nitrogen and oxygen atoms in total. The summed E-state index contributed by atoms with van der Waals surface area (Å²) in [6.07, 6.45) is 0.311. The maximum Gasteiger partial charge on any atom is 0.253 e. The van der Waals surface area contributed by atoms with E-state index in [1.165, 1.54) is 0 Å². The lowest BCUT2D eigenvalue weighted by Gasteiger charge is -2.23. The van der Waals surface area contributed by atoms with Crippen LogP contribution < -0.4 is 0 Å². The molecule has 0 N–H and O–H groups in total. The molecule has 2 aromatic rings. The first kappa shape index (κ1) is 19.7. The molecule has 0 aliphatic heterocycles. The number of benzene rings is 2. The predicted octanol–water partition coefficient (Wildman–Crippen LogP) is 5.66. The fraction of sp³-hybridized carbons (Fsp3) is 0.263. The molecular formula is C19H18Cl2N2OS. The molecule has 25 heavy (non-hydrogen) atoms. The molecule has 130 valence electrons. The van der Waals surface area contributed by atoms with Crippen molar-refractivity contribution < 1.29 is 4.79 Å². The molecular weight excluding hydrogens is 375 g/mol. The lowest BCUT2D eigenvalue weighted by Crippen LogP contribution is -2.34. The van der Waals surface area contributed by atoms with Gasteiger partial charge in [-0.2, -0.15) is 5.26 Å². The number of hydrogen-bond donors (Lipinski definition) is 0. The molecule has 2 aromatic carbocycles. The molecule has 0 heterocycles. The van der Waals surface area contributed by atoms with Gasteiger partial charge in [-0.25, -0.2) is 0 Å². The highest BCUT2D eigenvalue weighted by atomic mass is 35.5. The van der Waals surface area contributed by atoms with Crippen LogP contribution in [0.15, 0.2) is 47.4 Å². The van der Waals surface area contributed by atoms with Gasteiger partial charge in [-0.3, -0.25) is 4.79 Å². The highest BCUT2D eigenvalue weighted by Crippen LogP contribution is 2.32. The second-order valence-corrected chi connectivity index (χ2v) is 7.55. The first-order chi connectivity index (χ1) is 11.9. The first-order valence-corrected chi connectivity index (χ1v) is 9.47. The standard InChI is InChI=1S/C19H18Cl2N2OS/c1-13(8-9-22)23(2)19(24)15-5-3-4-14(10-15)12-25-18-11-16(20)6-7-17(18)21/h3-7,10-11,13H,8,12H2,1-2H3. The topological polar surface area (TPSA) is 44.1 Å². The molecule has 0 saturated heterocycles. The van der Waals surface area contributed by atoms with Gasteiger partial charge in [0.05, 0.1) is 17.5 Å². The van der Waals surface area contributed by atoms with Crippen LogP contribution in [0.5, 0.6) is 0 Å². The van der Waals surface area contributed by atoms with Crippen molar-refractivity contribution in [1.82, 2.24) is 4.90 Å². The maximum absolute atomic E-state index is 12.6. The zero-order chi connectivity index (χ0) is 18.4. The van der Waals surface area contributed by atoms with Gasteiger partial charge < -0.3 is 4.90 Å². The second kappa shape index (κ2) is 9.15. The summed E-state index contributed by atoms with van der Waals surface area (Å²) in [5.41, 5.74) is 1.64. The van der Waals surface area contributed by atoms with Crippen LogP contribution in [-0.2, 0) is 5.75 Å². The molecule has 1 amide bonds. The fourth-order valence-corrected chi connectivity index (χ4v) is 3.65. The third-order valence-electron chi connectivity index (χ3n) is 3.83. The van der Waals surface area contributed by atoms with Crippen LogP contribution in [0, 0.1) is 11.3 Å². The highest BCUT2D eigenvalue weighted by Gasteiger charge is 2.17. The number of hydrogen-bond acceptors (Lipinski definition) is 3. The summed E-state index contributed by atoms with van der Waals surface area (Å²) in [6.45, 7) is 1.86. The van der Waals surface area contributed by atoms with E-state index in [4.69, 9.17) is 28.5 Å². The van der Waals surface area contributed by atoms with Crippen LogP contribution >= 0.6 is 35.0 Å². The molecule has 0 saturated carbocycles. The summed E-state index contributed by atoms with van der Waals surface area (Å²) in [7, 11) is 1.72. The summed E-state index contributed by atoms with van der Waals surface area (Å²) in [4.78, 5) is 15.1. The van der Waals surface area contributed by atoms with Gasteiger partial charge in [-0.1, -0.05) is 35.3 Å². The van der Waals surface area contributed by atoms with Crippen molar-refractivity contribution in [3.8, 4) is 6.07 Å². The Balaban J connectivity index is 2.09. The van der Waals surface area contributed by atoms with E-state index in [2.05, 4.69) is 6.07 Å². The number of rotatable bonds is 6. The fourth-order valence-electron chi connectivity index (χ4n) is 2.22. The van der Waals surface area contributed by atoms with Gasteiger partial charge >= 0.3 is 0 Å². The maximum atomic E-state index is 12.6. The van der Waals surface area contributed by atoms with E-state index in [0.717, 1.165) is 10.5 Å². The normalized spacial score (nSPS) is 11.6. The number of nitrogens with zero attached hydrogens (tertiary/aromatic N) is 2. The van der Waals surface area contributed by atoms with Crippen LogP contribution in [0.2, 0.25) is 10.0 Å². The van der Waals surface area contributed by atoms with Gasteiger partial charge in [-0.05, 0) is 42.8 Å². The summed E-state index contributed by atoms with van der Waals surface area (Å²) in [5.74, 6) is 0.592. The molecule has 0 aromatic heterocycles. The van der Waals surface area contributed by atoms with E-state index in [-0.39, 0.29) is 11.9 Å². The average molecular weight is 393 g/mol. The van der Waals surface area contributed by atoms with Crippen LogP contribution in [0.3, 0.4) is 0 Å². The number of thioether (sulfide) groups is 1. The Morgan fingerprint density at radius 2 is 2.04 bits per heavy atom. The minimum Gasteiger partial charge on any atom is -0.338 e. The summed E-state index contributed by atoms with van der Waals surface area (Å²) >= 11 is 13.8. The zero-order valence-corrected chi connectivity index (χ0v) is 16.3. The van der Waals surface area contributed by atoms with E-state index in [1.807, 2.05) is 31.2 Å². The molecule has 0 radical (unpaired) electrons. The molecule has 1 unspecified atom stereocenters. The molecule has 0 aliphatic rings. The van der Waals surface area contributed by atoms with Crippen LogP contribution in [0.1, 0.15) is 29.3 Å². The average Bonchev–Trinajstić information content (AvgIpc) is 2.61. The number of carbonyl (C=O) groups excluding carboxylic acids is 1. The molecule has 0 aliphatic carbocycles. The van der Waals surface area contributed by atoms with E-state index < -0.39 is 0 Å². The number of carbonyl (C=O) groups is 1. The van der Waals surface area contributed by atoms with E-state index in [0.29, 0.717) is 27.8 Å². The quantitative estimate of drug-likeness (QED) is 0.595.